The van der Waals surface area contributed by atoms with Crippen LogP contribution in [0.4, 0.5) is 0 Å². The number of carbonyl (C=O) groups is 3. The summed E-state index contributed by atoms with van der Waals surface area (Å²) in [4.78, 5) is 45.6. The Morgan fingerprint density at radius 2 is 1.48 bits per heavy atom. The zero-order chi connectivity index (χ0) is 17.4. The molecule has 0 atom stereocenters. The number of hydroxylamine groups is 2. The van der Waals surface area contributed by atoms with Gasteiger partial charge >= 0.3 is 5.97 Å². The van der Waals surface area contributed by atoms with Crippen LogP contribution in [0.5, 0.6) is 0 Å². The number of imide groups is 1. The molecule has 25 heavy (non-hydrogen) atoms. The lowest BCUT2D eigenvalue weighted by molar-refractivity contribution is -0.0588. The van der Waals surface area contributed by atoms with Gasteiger partial charge in [0, 0.05) is 11.9 Å². The molecule has 1 aliphatic rings. The third kappa shape index (κ3) is 2.47. The highest BCUT2D eigenvalue weighted by atomic mass is 16.7. The molecule has 3 aromatic rings. The second kappa shape index (κ2) is 5.72. The fourth-order valence-electron chi connectivity index (χ4n) is 2.55. The van der Waals surface area contributed by atoms with Crippen LogP contribution in [0.15, 0.2) is 67.1 Å². The Balaban J connectivity index is 1.55. The van der Waals surface area contributed by atoms with Crippen LogP contribution in [-0.4, -0.2) is 32.4 Å². The van der Waals surface area contributed by atoms with E-state index in [4.69, 9.17) is 4.84 Å². The maximum Gasteiger partial charge on any atom is 0.383 e. The lowest BCUT2D eigenvalue weighted by atomic mass is 10.1. The third-order valence-electron chi connectivity index (χ3n) is 3.78. The molecule has 0 spiro atoms. The number of benzene rings is 2. The van der Waals surface area contributed by atoms with Crippen molar-refractivity contribution in [3.8, 4) is 5.69 Å². The number of amides is 2. The van der Waals surface area contributed by atoms with E-state index < -0.39 is 17.8 Å². The molecule has 0 fully saturated rings. The monoisotopic (exact) mass is 333 g/mol. The van der Waals surface area contributed by atoms with Crippen LogP contribution in [0, 0.1) is 0 Å². The van der Waals surface area contributed by atoms with Crippen LogP contribution >= 0.6 is 0 Å². The average molecular weight is 333 g/mol. The van der Waals surface area contributed by atoms with E-state index in [1.807, 2.05) is 30.3 Å². The van der Waals surface area contributed by atoms with Gasteiger partial charge in [-0.3, -0.25) is 9.59 Å². The van der Waals surface area contributed by atoms with Crippen molar-refractivity contribution in [2.75, 3.05) is 0 Å². The standard InChI is InChI=1S/C18H11N3O4/c22-16-13-8-4-5-9-14(13)17(23)21(16)25-18(24)15-10-20(11-19-15)12-6-2-1-3-7-12/h1-11H. The summed E-state index contributed by atoms with van der Waals surface area (Å²) in [6.45, 7) is 0. The zero-order valence-electron chi connectivity index (χ0n) is 12.8. The van der Waals surface area contributed by atoms with Crippen LogP contribution in [-0.2, 0) is 4.84 Å². The van der Waals surface area contributed by atoms with Gasteiger partial charge in [0.05, 0.1) is 11.1 Å². The van der Waals surface area contributed by atoms with Gasteiger partial charge in [0.1, 0.15) is 6.33 Å². The van der Waals surface area contributed by atoms with Crippen molar-refractivity contribution in [2.45, 2.75) is 0 Å². The minimum absolute atomic E-state index is 0.0135. The number of imidazole rings is 1. The number of rotatable bonds is 3. The highest BCUT2D eigenvalue weighted by molar-refractivity contribution is 6.21. The highest BCUT2D eigenvalue weighted by Gasteiger charge is 2.39. The van der Waals surface area contributed by atoms with Gasteiger partial charge in [0.2, 0.25) is 0 Å². The van der Waals surface area contributed by atoms with Crippen LogP contribution in [0.25, 0.3) is 5.69 Å². The number of carbonyl (C=O) groups excluding carboxylic acids is 3. The summed E-state index contributed by atoms with van der Waals surface area (Å²) >= 11 is 0. The minimum atomic E-state index is -0.885. The molecule has 122 valence electrons. The van der Waals surface area contributed by atoms with Crippen molar-refractivity contribution in [1.29, 1.82) is 0 Å². The van der Waals surface area contributed by atoms with Crippen LogP contribution < -0.4 is 0 Å². The smallest absolute Gasteiger partial charge is 0.322 e. The van der Waals surface area contributed by atoms with Gasteiger partial charge in [0.15, 0.2) is 5.69 Å². The Kier molecular flexibility index (Phi) is 3.39. The molecule has 4 rings (SSSR count). The van der Waals surface area contributed by atoms with Crippen LogP contribution in [0.2, 0.25) is 0 Å². The van der Waals surface area contributed by atoms with E-state index in [1.165, 1.54) is 24.7 Å². The SMILES string of the molecule is O=C(ON1C(=O)c2ccccc2C1=O)c1cn(-c2ccccc2)cn1. The number of nitrogens with zero attached hydrogens (tertiary/aromatic N) is 3. The highest BCUT2D eigenvalue weighted by Crippen LogP contribution is 2.23. The summed E-state index contributed by atoms with van der Waals surface area (Å²) in [7, 11) is 0. The van der Waals surface area contributed by atoms with E-state index in [-0.39, 0.29) is 16.8 Å². The quantitative estimate of drug-likeness (QED) is 0.687. The van der Waals surface area contributed by atoms with Gasteiger partial charge in [0.25, 0.3) is 11.8 Å². The first kappa shape index (κ1) is 14.8. The van der Waals surface area contributed by atoms with Crippen molar-refractivity contribution in [3.05, 3.63) is 83.9 Å². The first-order valence-electron chi connectivity index (χ1n) is 7.44. The summed E-state index contributed by atoms with van der Waals surface area (Å²) in [5.74, 6) is -2.22. The van der Waals surface area contributed by atoms with E-state index in [0.29, 0.717) is 5.06 Å². The summed E-state index contributed by atoms with van der Waals surface area (Å²) in [5, 5.41) is 0.467. The molecule has 1 aliphatic heterocycles. The van der Waals surface area contributed by atoms with Crippen LogP contribution in [0.1, 0.15) is 31.2 Å². The van der Waals surface area contributed by atoms with E-state index in [1.54, 1.807) is 16.7 Å². The van der Waals surface area contributed by atoms with Gasteiger partial charge in [-0.1, -0.05) is 35.4 Å². The molecule has 2 aromatic carbocycles. The second-order valence-electron chi connectivity index (χ2n) is 5.33. The Hall–Kier alpha value is -3.74. The molecule has 0 aliphatic carbocycles. The maximum atomic E-state index is 12.2. The lowest BCUT2D eigenvalue weighted by Gasteiger charge is -2.11. The molecule has 2 heterocycles. The fraction of sp³-hybridized carbons (Fsp3) is 0. The zero-order valence-corrected chi connectivity index (χ0v) is 12.8. The molecule has 1 aromatic heterocycles. The predicted octanol–water partition coefficient (Wildman–Crippen LogP) is 2.24. The molecule has 0 saturated carbocycles. The molecule has 0 radical (unpaired) electrons. The molecule has 0 bridgehead atoms. The van der Waals surface area contributed by atoms with Gasteiger partial charge in [-0.05, 0) is 24.3 Å². The third-order valence-corrected chi connectivity index (χ3v) is 3.78. The van der Waals surface area contributed by atoms with Gasteiger partial charge in [-0.15, -0.1) is 0 Å². The molecule has 7 nitrogen and oxygen atoms in total. The van der Waals surface area contributed by atoms with Crippen molar-refractivity contribution in [2.24, 2.45) is 0 Å². The van der Waals surface area contributed by atoms with E-state index in [2.05, 4.69) is 4.98 Å². The molecule has 0 unspecified atom stereocenters. The fourth-order valence-corrected chi connectivity index (χ4v) is 2.55. The molecular formula is C18H11N3O4. The number of aromatic nitrogens is 2. The Morgan fingerprint density at radius 3 is 2.12 bits per heavy atom. The normalized spacial score (nSPS) is 13.0. The van der Waals surface area contributed by atoms with Crippen molar-refractivity contribution in [1.82, 2.24) is 14.6 Å². The summed E-state index contributed by atoms with van der Waals surface area (Å²) in [6.07, 6.45) is 2.92. The van der Waals surface area contributed by atoms with E-state index in [0.717, 1.165) is 5.69 Å². The van der Waals surface area contributed by atoms with Crippen molar-refractivity contribution < 1.29 is 19.2 Å². The number of hydrogen-bond acceptors (Lipinski definition) is 5. The predicted molar refractivity (Wildman–Crippen MR) is 85.9 cm³/mol. The first-order chi connectivity index (χ1) is 12.1. The maximum absolute atomic E-state index is 12.2. The van der Waals surface area contributed by atoms with E-state index in [9.17, 15) is 14.4 Å². The van der Waals surface area contributed by atoms with Crippen molar-refractivity contribution in [3.63, 3.8) is 0 Å². The van der Waals surface area contributed by atoms with Crippen molar-refractivity contribution >= 4 is 17.8 Å². The molecule has 2 amide bonds. The van der Waals surface area contributed by atoms with Gasteiger partial charge in [-0.25, -0.2) is 9.78 Å². The second-order valence-corrected chi connectivity index (χ2v) is 5.33. The topological polar surface area (TPSA) is 81.5 Å². The minimum Gasteiger partial charge on any atom is -0.322 e. The summed E-state index contributed by atoms with van der Waals surface area (Å²) in [5.41, 5.74) is 1.21. The molecule has 7 heteroatoms. The molecular weight excluding hydrogens is 322 g/mol. The number of para-hydroxylation sites is 1. The first-order valence-corrected chi connectivity index (χ1v) is 7.44. The summed E-state index contributed by atoms with van der Waals surface area (Å²) in [6, 6.07) is 15.6. The molecule has 0 saturated heterocycles. The Labute approximate surface area is 142 Å². The number of fused-ring (bicyclic) bond motifs is 1. The van der Waals surface area contributed by atoms with E-state index >= 15 is 0 Å². The average Bonchev–Trinajstić information content (AvgIpc) is 3.23. The number of hydrogen-bond donors (Lipinski definition) is 0. The summed E-state index contributed by atoms with van der Waals surface area (Å²) < 4.78 is 1.64. The Morgan fingerprint density at radius 1 is 0.880 bits per heavy atom. The Bertz CT molecular complexity index is 959. The largest absolute Gasteiger partial charge is 0.383 e. The molecule has 0 N–H and O–H groups in total. The van der Waals surface area contributed by atoms with Gasteiger partial charge in [-0.2, -0.15) is 0 Å². The van der Waals surface area contributed by atoms with Gasteiger partial charge < -0.3 is 9.40 Å². The lowest BCUT2D eigenvalue weighted by Crippen LogP contribution is -2.32. The van der Waals surface area contributed by atoms with Crippen LogP contribution in [0.3, 0.4) is 0 Å².